The van der Waals surface area contributed by atoms with Gasteiger partial charge in [-0.15, -0.1) is 12.4 Å². The molecule has 0 aliphatic carbocycles. The van der Waals surface area contributed by atoms with Crippen LogP contribution in [-0.2, 0) is 10.4 Å². The Morgan fingerprint density at radius 2 is 1.89 bits per heavy atom. The second kappa shape index (κ2) is 13.8. The highest BCUT2D eigenvalue weighted by molar-refractivity contribution is 5.98. The Labute approximate surface area is 236 Å². The van der Waals surface area contributed by atoms with E-state index in [-0.39, 0.29) is 18.3 Å². The van der Waals surface area contributed by atoms with E-state index in [1.54, 1.807) is 0 Å². The van der Waals surface area contributed by atoms with E-state index in [4.69, 9.17) is 4.74 Å². The fraction of sp³-hybridized carbons (Fsp3) is 0.625. The van der Waals surface area contributed by atoms with Crippen LogP contribution < -0.4 is 10.1 Å². The number of carbonyl (C=O) groups is 1. The van der Waals surface area contributed by atoms with Crippen LogP contribution in [0.5, 0.6) is 5.75 Å². The first-order chi connectivity index (χ1) is 17.8. The molecule has 2 atom stereocenters. The molecule has 0 saturated carbocycles. The maximum atomic E-state index is 13.2. The maximum Gasteiger partial charge on any atom is 0.224 e. The van der Waals surface area contributed by atoms with Crippen molar-refractivity contribution in [2.24, 2.45) is 5.92 Å². The van der Waals surface area contributed by atoms with E-state index < -0.39 is 5.60 Å². The first kappa shape index (κ1) is 30.4. The summed E-state index contributed by atoms with van der Waals surface area (Å²) in [6, 6.07) is 6.44. The van der Waals surface area contributed by atoms with Crippen LogP contribution in [0.4, 0.5) is 5.69 Å². The van der Waals surface area contributed by atoms with E-state index in [1.165, 1.54) is 63.6 Å². The standard InChI is InChI=1S/C32H47N3O2.ClH/c1-6-7-9-13-23(2)24(3)25-20-28(34-30(36)14-12-19-35-17-10-8-11-18-35)31-26-22-33-16-15-27(26)32(4,5)37-29(31)21-25;/h15-16,20-24H,6-14,17-19H2,1-5H3,(H,34,36);1H. The van der Waals surface area contributed by atoms with Gasteiger partial charge in [-0.3, -0.25) is 9.78 Å². The van der Waals surface area contributed by atoms with Crippen molar-refractivity contribution < 1.29 is 9.53 Å². The Morgan fingerprint density at radius 1 is 1.13 bits per heavy atom. The van der Waals surface area contributed by atoms with Crippen LogP contribution in [0.3, 0.4) is 0 Å². The van der Waals surface area contributed by atoms with Crippen LogP contribution in [0.25, 0.3) is 11.1 Å². The number of piperidine rings is 1. The highest BCUT2D eigenvalue weighted by atomic mass is 35.5. The van der Waals surface area contributed by atoms with Gasteiger partial charge in [0.2, 0.25) is 5.91 Å². The number of benzene rings is 1. The zero-order valence-electron chi connectivity index (χ0n) is 24.1. The topological polar surface area (TPSA) is 54.5 Å². The number of nitrogens with zero attached hydrogens (tertiary/aromatic N) is 2. The average Bonchev–Trinajstić information content (AvgIpc) is 2.88. The number of anilines is 1. The molecule has 6 heteroatoms. The van der Waals surface area contributed by atoms with Gasteiger partial charge in [0.1, 0.15) is 11.4 Å². The Hall–Kier alpha value is -2.11. The number of fused-ring (bicyclic) bond motifs is 3. The monoisotopic (exact) mass is 541 g/mol. The largest absolute Gasteiger partial charge is 0.482 e. The summed E-state index contributed by atoms with van der Waals surface area (Å²) in [5.41, 5.74) is 4.73. The molecule has 1 N–H and O–H groups in total. The summed E-state index contributed by atoms with van der Waals surface area (Å²) in [6.45, 7) is 14.5. The van der Waals surface area contributed by atoms with Crippen molar-refractivity contribution in [1.29, 1.82) is 0 Å². The van der Waals surface area contributed by atoms with Gasteiger partial charge in [-0.05, 0) is 88.3 Å². The molecule has 2 aliphatic heterocycles. The SMILES string of the molecule is CCCCCC(C)C(C)c1cc(NC(=O)CCCN2CCCCC2)c2c(c1)OC(C)(C)c1ccncc1-2.Cl. The smallest absolute Gasteiger partial charge is 0.224 e. The lowest BCUT2D eigenvalue weighted by atomic mass is 9.82. The number of nitrogens with one attached hydrogen (secondary N) is 1. The zero-order chi connectivity index (χ0) is 26.4. The first-order valence-electron chi connectivity index (χ1n) is 14.6. The molecule has 2 aliphatic rings. The van der Waals surface area contributed by atoms with Crippen LogP contribution >= 0.6 is 12.4 Å². The summed E-state index contributed by atoms with van der Waals surface area (Å²) in [6.07, 6.45) is 14.1. The minimum absolute atomic E-state index is 0. The van der Waals surface area contributed by atoms with Crippen molar-refractivity contribution in [3.63, 3.8) is 0 Å². The van der Waals surface area contributed by atoms with Gasteiger partial charge >= 0.3 is 0 Å². The normalized spacial score (nSPS) is 17.8. The summed E-state index contributed by atoms with van der Waals surface area (Å²) >= 11 is 0. The Balaban J connectivity index is 0.00000400. The van der Waals surface area contributed by atoms with Crippen molar-refractivity contribution in [2.75, 3.05) is 25.0 Å². The predicted molar refractivity (Wildman–Crippen MR) is 160 cm³/mol. The second-order valence-corrected chi connectivity index (χ2v) is 11.8. The van der Waals surface area contributed by atoms with E-state index in [1.807, 2.05) is 18.5 Å². The molecule has 0 spiro atoms. The second-order valence-electron chi connectivity index (χ2n) is 11.8. The molecule has 2 unspecified atom stereocenters. The van der Waals surface area contributed by atoms with Gasteiger partial charge in [0.25, 0.3) is 0 Å². The minimum Gasteiger partial charge on any atom is -0.482 e. The molecule has 1 aromatic carbocycles. The number of amides is 1. The van der Waals surface area contributed by atoms with Gasteiger partial charge in [-0.1, -0.05) is 52.9 Å². The number of halogens is 1. The zero-order valence-corrected chi connectivity index (χ0v) is 25.0. The quantitative estimate of drug-likeness (QED) is 0.290. The number of ether oxygens (including phenoxy) is 1. The number of rotatable bonds is 11. The van der Waals surface area contributed by atoms with Gasteiger partial charge in [0.05, 0.1) is 5.69 Å². The molecule has 0 bridgehead atoms. The van der Waals surface area contributed by atoms with Crippen molar-refractivity contribution >= 4 is 24.0 Å². The van der Waals surface area contributed by atoms with Crippen molar-refractivity contribution in [3.8, 4) is 16.9 Å². The number of unbranched alkanes of at least 4 members (excludes halogenated alkanes) is 2. The molecule has 38 heavy (non-hydrogen) atoms. The van der Waals surface area contributed by atoms with E-state index in [2.05, 4.69) is 62.0 Å². The molecule has 1 fully saturated rings. The highest BCUT2D eigenvalue weighted by Gasteiger charge is 2.35. The maximum absolute atomic E-state index is 13.2. The third-order valence-electron chi connectivity index (χ3n) is 8.47. The predicted octanol–water partition coefficient (Wildman–Crippen LogP) is 8.32. The Bertz CT molecular complexity index is 1060. The lowest BCUT2D eigenvalue weighted by Gasteiger charge is -2.36. The summed E-state index contributed by atoms with van der Waals surface area (Å²) in [7, 11) is 0. The Morgan fingerprint density at radius 3 is 2.63 bits per heavy atom. The van der Waals surface area contributed by atoms with Crippen LogP contribution in [-0.4, -0.2) is 35.4 Å². The van der Waals surface area contributed by atoms with E-state index in [0.717, 1.165) is 41.1 Å². The number of likely N-dealkylation sites (tertiary alicyclic amines) is 1. The van der Waals surface area contributed by atoms with Gasteiger partial charge < -0.3 is 15.0 Å². The fourth-order valence-electron chi connectivity index (χ4n) is 5.96. The molecular weight excluding hydrogens is 494 g/mol. The summed E-state index contributed by atoms with van der Waals surface area (Å²) in [4.78, 5) is 20.1. The Kier molecular flexibility index (Phi) is 11.1. The van der Waals surface area contributed by atoms with Gasteiger partial charge in [0.15, 0.2) is 0 Å². The van der Waals surface area contributed by atoms with Crippen molar-refractivity contribution in [2.45, 2.75) is 104 Å². The summed E-state index contributed by atoms with van der Waals surface area (Å²) in [5, 5.41) is 3.30. The number of carbonyl (C=O) groups excluding carboxylic acids is 1. The third kappa shape index (κ3) is 7.30. The average molecular weight is 542 g/mol. The molecule has 0 radical (unpaired) electrons. The molecule has 1 aromatic heterocycles. The fourth-order valence-corrected chi connectivity index (χ4v) is 5.96. The number of aromatic nitrogens is 1. The number of pyridine rings is 1. The van der Waals surface area contributed by atoms with Crippen LogP contribution in [0, 0.1) is 5.92 Å². The minimum atomic E-state index is -0.463. The number of hydrogen-bond acceptors (Lipinski definition) is 4. The van der Waals surface area contributed by atoms with Crippen LogP contribution in [0.15, 0.2) is 30.6 Å². The van der Waals surface area contributed by atoms with Crippen molar-refractivity contribution in [3.05, 3.63) is 41.7 Å². The first-order valence-corrected chi connectivity index (χ1v) is 14.6. The van der Waals surface area contributed by atoms with E-state index in [0.29, 0.717) is 18.3 Å². The third-order valence-corrected chi connectivity index (χ3v) is 8.47. The van der Waals surface area contributed by atoms with Gasteiger partial charge in [-0.25, -0.2) is 0 Å². The summed E-state index contributed by atoms with van der Waals surface area (Å²) in [5.74, 6) is 1.86. The molecule has 1 saturated heterocycles. The molecule has 210 valence electrons. The van der Waals surface area contributed by atoms with E-state index in [9.17, 15) is 4.79 Å². The highest BCUT2D eigenvalue weighted by Crippen LogP contribution is 2.50. The summed E-state index contributed by atoms with van der Waals surface area (Å²) < 4.78 is 6.61. The van der Waals surface area contributed by atoms with Crippen LogP contribution in [0.1, 0.15) is 109 Å². The molecule has 3 heterocycles. The molecule has 1 amide bonds. The molecule has 4 rings (SSSR count). The van der Waals surface area contributed by atoms with Crippen molar-refractivity contribution in [1.82, 2.24) is 9.88 Å². The molecule has 5 nitrogen and oxygen atoms in total. The molecular formula is C32H48ClN3O2. The molecule has 2 aromatic rings. The lowest BCUT2D eigenvalue weighted by molar-refractivity contribution is -0.116. The number of hydrogen-bond donors (Lipinski definition) is 1. The van der Waals surface area contributed by atoms with Gasteiger partial charge in [-0.2, -0.15) is 0 Å². The van der Waals surface area contributed by atoms with E-state index >= 15 is 0 Å². The van der Waals surface area contributed by atoms with Crippen LogP contribution in [0.2, 0.25) is 0 Å². The lowest BCUT2D eigenvalue weighted by Crippen LogP contribution is -2.31. The van der Waals surface area contributed by atoms with Gasteiger partial charge in [0, 0.05) is 35.5 Å².